The predicted molar refractivity (Wildman–Crippen MR) is 101 cm³/mol. The number of sulfonamides is 1. The van der Waals surface area contributed by atoms with Gasteiger partial charge in [0.25, 0.3) is 5.91 Å². The van der Waals surface area contributed by atoms with Crippen molar-refractivity contribution in [2.45, 2.75) is 17.7 Å². The number of hydrogen-bond donors (Lipinski definition) is 1. The lowest BCUT2D eigenvalue weighted by Gasteiger charge is -2.26. The van der Waals surface area contributed by atoms with Crippen molar-refractivity contribution < 1.29 is 17.9 Å². The first-order chi connectivity index (χ1) is 12.5. The van der Waals surface area contributed by atoms with Gasteiger partial charge >= 0.3 is 0 Å². The molecule has 0 saturated carbocycles. The molecule has 0 unspecified atom stereocenters. The fraction of sp³-hybridized carbons (Fsp3) is 0.389. The molecule has 1 atom stereocenters. The summed E-state index contributed by atoms with van der Waals surface area (Å²) in [4.78, 5) is 12.9. The Morgan fingerprint density at radius 2 is 1.92 bits per heavy atom. The van der Waals surface area contributed by atoms with Gasteiger partial charge in [0.1, 0.15) is 9.77 Å². The molecule has 1 amide bonds. The molecular formula is C18H22N2O4S2. The van der Waals surface area contributed by atoms with Crippen LogP contribution in [-0.2, 0) is 14.8 Å². The van der Waals surface area contributed by atoms with Gasteiger partial charge in [-0.15, -0.1) is 11.3 Å². The van der Waals surface area contributed by atoms with Gasteiger partial charge in [0.05, 0.1) is 13.2 Å². The van der Waals surface area contributed by atoms with E-state index < -0.39 is 10.0 Å². The van der Waals surface area contributed by atoms with Crippen LogP contribution in [0.1, 0.15) is 28.1 Å². The Balaban J connectivity index is 1.70. The maximum atomic E-state index is 12.8. The number of nitrogens with one attached hydrogen (secondary N) is 1. The second-order valence-corrected chi connectivity index (χ2v) is 8.97. The first kappa shape index (κ1) is 19.0. The van der Waals surface area contributed by atoms with Crippen LogP contribution in [0.4, 0.5) is 0 Å². The van der Waals surface area contributed by atoms with Crippen LogP contribution in [0.3, 0.4) is 0 Å². The summed E-state index contributed by atoms with van der Waals surface area (Å²) >= 11 is 1.15. The first-order valence-corrected chi connectivity index (χ1v) is 10.8. The highest BCUT2D eigenvalue weighted by Gasteiger charge is 2.31. The molecule has 1 N–H and O–H groups in total. The molecule has 0 bridgehead atoms. The van der Waals surface area contributed by atoms with E-state index in [-0.39, 0.29) is 21.6 Å². The Hall–Kier alpha value is -1.74. The number of carbonyl (C=O) groups is 1. The van der Waals surface area contributed by atoms with Crippen molar-refractivity contribution in [2.75, 3.05) is 32.8 Å². The van der Waals surface area contributed by atoms with Crippen molar-refractivity contribution in [3.63, 3.8) is 0 Å². The summed E-state index contributed by atoms with van der Waals surface area (Å²) in [6, 6.07) is 11.4. The molecule has 2 aromatic rings. The molecule has 1 aliphatic rings. The highest BCUT2D eigenvalue weighted by atomic mass is 32.2. The molecule has 140 valence electrons. The number of ether oxygens (including phenoxy) is 1. The minimum absolute atomic E-state index is 0.0780. The highest BCUT2D eigenvalue weighted by molar-refractivity contribution is 7.89. The zero-order valence-corrected chi connectivity index (χ0v) is 16.2. The van der Waals surface area contributed by atoms with Gasteiger partial charge in [-0.2, -0.15) is 4.31 Å². The summed E-state index contributed by atoms with van der Waals surface area (Å²) in [5, 5.41) is 4.50. The van der Waals surface area contributed by atoms with Gasteiger partial charge in [-0.25, -0.2) is 8.42 Å². The molecule has 1 aromatic carbocycles. The maximum Gasteiger partial charge on any atom is 0.262 e. The number of thiophene rings is 1. The van der Waals surface area contributed by atoms with E-state index in [1.165, 1.54) is 10.4 Å². The maximum absolute atomic E-state index is 12.8. The van der Waals surface area contributed by atoms with Crippen molar-refractivity contribution in [3.05, 3.63) is 52.2 Å². The van der Waals surface area contributed by atoms with Crippen LogP contribution in [0.5, 0.6) is 0 Å². The fourth-order valence-electron chi connectivity index (χ4n) is 2.82. The average Bonchev–Trinajstić information content (AvgIpc) is 3.18. The minimum Gasteiger partial charge on any atom is -0.379 e. The Morgan fingerprint density at radius 1 is 1.23 bits per heavy atom. The Kier molecular flexibility index (Phi) is 6.08. The molecule has 2 heterocycles. The monoisotopic (exact) mass is 394 g/mol. The number of amides is 1. The molecule has 0 spiro atoms. The number of benzene rings is 1. The standard InChI is InChI=1S/C18H22N2O4S2/c1-14(15-5-3-2-4-6-15)13-19-18(21)17-16(7-12-25-17)26(22,23)20-8-10-24-11-9-20/h2-7,12,14H,8-11,13H2,1H3,(H,19,21)/t14-/m0/s1. The molecule has 8 heteroatoms. The molecule has 1 fully saturated rings. The number of nitrogens with zero attached hydrogens (tertiary/aromatic N) is 1. The van der Waals surface area contributed by atoms with E-state index >= 15 is 0 Å². The summed E-state index contributed by atoms with van der Waals surface area (Å²) in [7, 11) is -3.68. The van der Waals surface area contributed by atoms with E-state index in [2.05, 4.69) is 5.32 Å². The molecule has 26 heavy (non-hydrogen) atoms. The number of morpholine rings is 1. The first-order valence-electron chi connectivity index (χ1n) is 8.48. The molecule has 3 rings (SSSR count). The smallest absolute Gasteiger partial charge is 0.262 e. The van der Waals surface area contributed by atoms with Crippen molar-refractivity contribution in [1.82, 2.24) is 9.62 Å². The Bertz CT molecular complexity index is 843. The van der Waals surface area contributed by atoms with Crippen LogP contribution in [0.25, 0.3) is 0 Å². The zero-order valence-electron chi connectivity index (χ0n) is 14.6. The van der Waals surface area contributed by atoms with E-state index in [1.807, 2.05) is 37.3 Å². The van der Waals surface area contributed by atoms with Gasteiger partial charge in [-0.05, 0) is 22.9 Å². The minimum atomic E-state index is -3.68. The second-order valence-electron chi connectivity index (χ2n) is 6.15. The normalized spacial score (nSPS) is 17.0. The molecule has 0 aliphatic carbocycles. The van der Waals surface area contributed by atoms with Crippen LogP contribution in [0, 0.1) is 0 Å². The third-order valence-corrected chi connectivity index (χ3v) is 7.34. The molecule has 6 nitrogen and oxygen atoms in total. The summed E-state index contributed by atoms with van der Waals surface area (Å²) in [5.74, 6) is -0.214. The summed E-state index contributed by atoms with van der Waals surface area (Å²) in [5.41, 5.74) is 1.13. The SMILES string of the molecule is C[C@@H](CNC(=O)c1sccc1S(=O)(=O)N1CCOCC1)c1ccccc1. The van der Waals surface area contributed by atoms with E-state index in [9.17, 15) is 13.2 Å². The van der Waals surface area contributed by atoms with Gasteiger partial charge in [-0.1, -0.05) is 37.3 Å². The highest BCUT2D eigenvalue weighted by Crippen LogP contribution is 2.26. The zero-order chi connectivity index (χ0) is 18.6. The van der Waals surface area contributed by atoms with E-state index in [1.54, 1.807) is 5.38 Å². The van der Waals surface area contributed by atoms with Crippen LogP contribution < -0.4 is 5.32 Å². The molecule has 1 saturated heterocycles. The van der Waals surface area contributed by atoms with E-state index in [0.29, 0.717) is 32.8 Å². The topological polar surface area (TPSA) is 75.7 Å². The predicted octanol–water partition coefficient (Wildman–Crippen LogP) is 2.30. The Morgan fingerprint density at radius 3 is 2.62 bits per heavy atom. The fourth-order valence-corrected chi connectivity index (χ4v) is 5.54. The van der Waals surface area contributed by atoms with Gasteiger partial charge in [-0.3, -0.25) is 4.79 Å². The van der Waals surface area contributed by atoms with Gasteiger partial charge in [0.15, 0.2) is 0 Å². The van der Waals surface area contributed by atoms with Gasteiger partial charge in [0.2, 0.25) is 10.0 Å². The third-order valence-electron chi connectivity index (χ3n) is 4.36. The summed E-state index contributed by atoms with van der Waals surface area (Å²) in [6.07, 6.45) is 0. The number of rotatable bonds is 6. The van der Waals surface area contributed by atoms with Crippen molar-refractivity contribution >= 4 is 27.3 Å². The largest absolute Gasteiger partial charge is 0.379 e. The molecular weight excluding hydrogens is 372 g/mol. The molecule has 1 aromatic heterocycles. The van der Waals surface area contributed by atoms with Crippen LogP contribution in [0.15, 0.2) is 46.7 Å². The van der Waals surface area contributed by atoms with E-state index in [4.69, 9.17) is 4.74 Å². The Labute approximate surface area is 157 Å². The lowest BCUT2D eigenvalue weighted by atomic mass is 10.0. The quantitative estimate of drug-likeness (QED) is 0.816. The lowest BCUT2D eigenvalue weighted by molar-refractivity contribution is 0.0730. The molecule has 0 radical (unpaired) electrons. The van der Waals surface area contributed by atoms with E-state index in [0.717, 1.165) is 16.9 Å². The van der Waals surface area contributed by atoms with Crippen molar-refractivity contribution in [1.29, 1.82) is 0 Å². The summed E-state index contributed by atoms with van der Waals surface area (Å²) in [6.45, 7) is 3.83. The number of hydrogen-bond acceptors (Lipinski definition) is 5. The second kappa shape index (κ2) is 8.30. The van der Waals surface area contributed by atoms with Gasteiger partial charge in [0, 0.05) is 19.6 Å². The van der Waals surface area contributed by atoms with Crippen molar-refractivity contribution in [3.8, 4) is 0 Å². The van der Waals surface area contributed by atoms with Crippen LogP contribution in [-0.4, -0.2) is 51.5 Å². The van der Waals surface area contributed by atoms with Crippen LogP contribution in [0.2, 0.25) is 0 Å². The molecule has 1 aliphatic heterocycles. The summed E-state index contributed by atoms with van der Waals surface area (Å²) < 4.78 is 32.3. The third kappa shape index (κ3) is 4.15. The van der Waals surface area contributed by atoms with Crippen LogP contribution >= 0.6 is 11.3 Å². The lowest BCUT2D eigenvalue weighted by Crippen LogP contribution is -2.41. The van der Waals surface area contributed by atoms with Crippen molar-refractivity contribution in [2.24, 2.45) is 0 Å². The number of carbonyl (C=O) groups excluding carboxylic acids is 1. The average molecular weight is 395 g/mol. The van der Waals surface area contributed by atoms with Gasteiger partial charge < -0.3 is 10.1 Å².